The van der Waals surface area contributed by atoms with Gasteiger partial charge in [-0.15, -0.1) is 0 Å². The maximum atomic E-state index is 11.9. The smallest absolute Gasteiger partial charge is 0.358 e. The number of nitrogens with zero attached hydrogens (tertiary/aromatic N) is 3. The summed E-state index contributed by atoms with van der Waals surface area (Å²) in [5, 5.41) is 12.4. The van der Waals surface area contributed by atoms with Crippen LogP contribution in [0.15, 0.2) is 34.9 Å². The number of amides is 2. The molecule has 0 saturated carbocycles. The Balaban J connectivity index is 1.99. The number of aromatic nitrogens is 1. The molecule has 23 heavy (non-hydrogen) atoms. The fourth-order valence-corrected chi connectivity index (χ4v) is 2.36. The van der Waals surface area contributed by atoms with Crippen molar-refractivity contribution in [3.05, 3.63) is 36.0 Å². The van der Waals surface area contributed by atoms with E-state index in [9.17, 15) is 14.4 Å². The van der Waals surface area contributed by atoms with E-state index in [0.29, 0.717) is 11.3 Å². The van der Waals surface area contributed by atoms with E-state index in [0.717, 1.165) is 4.90 Å². The number of para-hydroxylation sites is 1. The minimum absolute atomic E-state index is 0.0547. The maximum absolute atomic E-state index is 11.9. The molecule has 3 rings (SSSR count). The minimum Gasteiger partial charge on any atom is -0.476 e. The van der Waals surface area contributed by atoms with Crippen molar-refractivity contribution in [1.29, 1.82) is 0 Å². The van der Waals surface area contributed by atoms with Crippen molar-refractivity contribution in [2.75, 3.05) is 25.0 Å². The first-order valence-electron chi connectivity index (χ1n) is 6.81. The molecule has 2 amide bonds. The lowest BCUT2D eigenvalue weighted by molar-refractivity contribution is -0.143. The molecule has 0 bridgehead atoms. The average Bonchev–Trinajstić information content (AvgIpc) is 3.02. The number of imide groups is 1. The third kappa shape index (κ3) is 2.66. The van der Waals surface area contributed by atoms with E-state index in [1.807, 2.05) is 0 Å². The minimum atomic E-state index is -1.19. The van der Waals surface area contributed by atoms with Crippen LogP contribution in [0, 0.1) is 0 Å². The van der Waals surface area contributed by atoms with Gasteiger partial charge in [-0.2, -0.15) is 0 Å². The summed E-state index contributed by atoms with van der Waals surface area (Å²) < 4.78 is 5.08. The predicted octanol–water partition coefficient (Wildman–Crippen LogP) is 0.845. The van der Waals surface area contributed by atoms with E-state index in [1.165, 1.54) is 13.1 Å². The van der Waals surface area contributed by atoms with Crippen molar-refractivity contribution in [2.24, 2.45) is 0 Å². The summed E-state index contributed by atoms with van der Waals surface area (Å²) in [6.07, 6.45) is 0. The Morgan fingerprint density at radius 3 is 2.48 bits per heavy atom. The molecule has 2 aromatic rings. The second kappa shape index (κ2) is 5.56. The average molecular weight is 315 g/mol. The van der Waals surface area contributed by atoms with Gasteiger partial charge in [-0.1, -0.05) is 17.3 Å². The summed E-state index contributed by atoms with van der Waals surface area (Å²) in [7, 11) is 1.45. The highest BCUT2D eigenvalue weighted by Gasteiger charge is 2.30. The van der Waals surface area contributed by atoms with Crippen LogP contribution in [0.4, 0.5) is 5.69 Å². The second-order valence-corrected chi connectivity index (χ2v) is 5.10. The van der Waals surface area contributed by atoms with Crippen LogP contribution >= 0.6 is 0 Å². The van der Waals surface area contributed by atoms with Gasteiger partial charge in [0.05, 0.1) is 13.1 Å². The van der Waals surface area contributed by atoms with Crippen molar-refractivity contribution >= 4 is 23.5 Å². The molecule has 1 aliphatic heterocycles. The second-order valence-electron chi connectivity index (χ2n) is 5.10. The number of hydrogen-bond acceptors (Lipinski definition) is 6. The number of carbonyl (C=O) groups excluding carboxylic acids is 2. The van der Waals surface area contributed by atoms with Gasteiger partial charge in [-0.25, -0.2) is 4.79 Å². The number of anilines is 1. The third-order valence-electron chi connectivity index (χ3n) is 3.64. The standard InChI is InChI=1S/C15H13N3O5/c1-17-13(19)7-18(8-14(17)20)11-5-3-2-4-9(11)12-6-10(15(21)22)16-23-12/h2-6H,7-8H2,1H3,(H,21,22). The van der Waals surface area contributed by atoms with Crippen molar-refractivity contribution in [1.82, 2.24) is 10.1 Å². The van der Waals surface area contributed by atoms with Gasteiger partial charge in [0.15, 0.2) is 11.5 Å². The SMILES string of the molecule is CN1C(=O)CN(c2ccccc2-c2cc(C(=O)O)no2)CC1=O. The first-order chi connectivity index (χ1) is 11.0. The number of likely N-dealkylation sites (N-methyl/N-ethyl adjacent to an activating group) is 1. The number of hydrogen-bond donors (Lipinski definition) is 1. The molecule has 1 aromatic carbocycles. The van der Waals surface area contributed by atoms with Crippen LogP contribution in [-0.4, -0.2) is 53.1 Å². The van der Waals surface area contributed by atoms with E-state index >= 15 is 0 Å². The first-order valence-corrected chi connectivity index (χ1v) is 6.81. The van der Waals surface area contributed by atoms with E-state index < -0.39 is 5.97 Å². The number of rotatable bonds is 3. The lowest BCUT2D eigenvalue weighted by Gasteiger charge is -2.32. The summed E-state index contributed by atoms with van der Waals surface area (Å²) in [6, 6.07) is 8.28. The summed E-state index contributed by atoms with van der Waals surface area (Å²) in [5.41, 5.74) is 0.966. The van der Waals surface area contributed by atoms with Gasteiger partial charge in [-0.3, -0.25) is 14.5 Å². The highest BCUT2D eigenvalue weighted by molar-refractivity contribution is 6.03. The van der Waals surface area contributed by atoms with Crippen LogP contribution in [0.3, 0.4) is 0 Å². The van der Waals surface area contributed by atoms with Gasteiger partial charge in [0.1, 0.15) is 0 Å². The fourth-order valence-electron chi connectivity index (χ4n) is 2.36. The monoisotopic (exact) mass is 315 g/mol. The third-order valence-corrected chi connectivity index (χ3v) is 3.64. The summed E-state index contributed by atoms with van der Waals surface area (Å²) in [4.78, 5) is 37.4. The Bertz CT molecular complexity index is 780. The van der Waals surface area contributed by atoms with Gasteiger partial charge in [-0.05, 0) is 12.1 Å². The lowest BCUT2D eigenvalue weighted by Crippen LogP contribution is -2.52. The van der Waals surface area contributed by atoms with Crippen molar-refractivity contribution in [3.8, 4) is 11.3 Å². The zero-order chi connectivity index (χ0) is 16.6. The van der Waals surface area contributed by atoms with Gasteiger partial charge in [0.25, 0.3) is 0 Å². The highest BCUT2D eigenvalue weighted by Crippen LogP contribution is 2.32. The van der Waals surface area contributed by atoms with Crippen LogP contribution in [-0.2, 0) is 9.59 Å². The number of carboxylic acids is 1. The molecular weight excluding hydrogens is 302 g/mol. The van der Waals surface area contributed by atoms with Crippen molar-refractivity contribution in [2.45, 2.75) is 0 Å². The topological polar surface area (TPSA) is 104 Å². The molecule has 2 heterocycles. The van der Waals surface area contributed by atoms with Crippen LogP contribution < -0.4 is 4.90 Å². The van der Waals surface area contributed by atoms with Crippen LogP contribution in [0.2, 0.25) is 0 Å². The summed E-state index contributed by atoms with van der Waals surface area (Å²) in [5.74, 6) is -1.54. The van der Waals surface area contributed by atoms with E-state index in [2.05, 4.69) is 5.16 Å². The largest absolute Gasteiger partial charge is 0.476 e. The maximum Gasteiger partial charge on any atom is 0.358 e. The fraction of sp³-hybridized carbons (Fsp3) is 0.200. The van der Waals surface area contributed by atoms with E-state index in [4.69, 9.17) is 9.63 Å². The summed E-state index contributed by atoms with van der Waals surface area (Å²) >= 11 is 0. The normalized spacial score (nSPS) is 15.2. The molecule has 8 nitrogen and oxygen atoms in total. The van der Waals surface area contributed by atoms with Crippen molar-refractivity contribution < 1.29 is 24.0 Å². The molecule has 0 radical (unpaired) electrons. The number of benzene rings is 1. The van der Waals surface area contributed by atoms with Gasteiger partial charge in [0.2, 0.25) is 11.8 Å². The lowest BCUT2D eigenvalue weighted by atomic mass is 10.1. The number of carbonyl (C=O) groups is 3. The Labute approximate surface area is 130 Å². The molecule has 0 spiro atoms. The van der Waals surface area contributed by atoms with Gasteiger partial charge < -0.3 is 14.5 Å². The molecule has 0 aliphatic carbocycles. The molecule has 1 N–H and O–H groups in total. The molecule has 8 heteroatoms. The van der Waals surface area contributed by atoms with Crippen LogP contribution in [0.25, 0.3) is 11.3 Å². The molecular formula is C15H13N3O5. The predicted molar refractivity (Wildman–Crippen MR) is 78.9 cm³/mol. The van der Waals surface area contributed by atoms with Gasteiger partial charge in [0, 0.05) is 24.4 Å². The Hall–Kier alpha value is -3.16. The zero-order valence-electron chi connectivity index (χ0n) is 12.2. The van der Waals surface area contributed by atoms with E-state index in [-0.39, 0.29) is 36.4 Å². The van der Waals surface area contributed by atoms with Crippen LogP contribution in [0.5, 0.6) is 0 Å². The zero-order valence-corrected chi connectivity index (χ0v) is 12.2. The van der Waals surface area contributed by atoms with Crippen molar-refractivity contribution in [3.63, 3.8) is 0 Å². The molecule has 0 unspecified atom stereocenters. The quantitative estimate of drug-likeness (QED) is 0.837. The first kappa shape index (κ1) is 14.8. The van der Waals surface area contributed by atoms with Crippen LogP contribution in [0.1, 0.15) is 10.5 Å². The number of aromatic carboxylic acids is 1. The molecule has 1 saturated heterocycles. The number of carboxylic acid groups (broad SMARTS) is 1. The Morgan fingerprint density at radius 1 is 1.22 bits per heavy atom. The molecule has 1 fully saturated rings. The molecule has 1 aliphatic rings. The Morgan fingerprint density at radius 2 is 1.87 bits per heavy atom. The number of piperazine rings is 1. The van der Waals surface area contributed by atoms with Gasteiger partial charge >= 0.3 is 5.97 Å². The summed E-state index contributed by atoms with van der Waals surface area (Å²) in [6.45, 7) is 0.109. The Kier molecular flexibility index (Phi) is 3.57. The molecule has 0 atom stereocenters. The molecule has 118 valence electrons. The van der Waals surface area contributed by atoms with E-state index in [1.54, 1.807) is 29.2 Å². The highest BCUT2D eigenvalue weighted by atomic mass is 16.5. The molecule has 1 aromatic heterocycles.